The van der Waals surface area contributed by atoms with E-state index in [4.69, 9.17) is 0 Å². The Morgan fingerprint density at radius 3 is 2.68 bits per heavy atom. The lowest BCUT2D eigenvalue weighted by molar-refractivity contribution is -0.0498. The van der Waals surface area contributed by atoms with E-state index in [9.17, 15) is 13.6 Å². The van der Waals surface area contributed by atoms with Crippen LogP contribution in [0.3, 0.4) is 0 Å². The second-order valence-corrected chi connectivity index (χ2v) is 4.51. The van der Waals surface area contributed by atoms with Crippen molar-refractivity contribution in [2.45, 2.75) is 19.6 Å². The van der Waals surface area contributed by atoms with Gasteiger partial charge in [0.2, 0.25) is 0 Å². The standard InChI is InChI=1S/C13H16F2N2O2/c1-9-8-17(7-6-16-9)12(18)10-2-4-11(5-3-10)19-13(14)15/h2-5,9,13,16H,6-8H2,1H3. The Bertz CT molecular complexity index is 437. The van der Waals surface area contributed by atoms with E-state index in [1.54, 1.807) is 4.90 Å². The molecule has 1 amide bonds. The molecule has 4 nitrogen and oxygen atoms in total. The van der Waals surface area contributed by atoms with Crippen LogP contribution in [-0.4, -0.2) is 43.1 Å². The average Bonchev–Trinajstić information content (AvgIpc) is 2.38. The second kappa shape index (κ2) is 5.97. The number of ether oxygens (including phenoxy) is 1. The fourth-order valence-corrected chi connectivity index (χ4v) is 2.08. The van der Waals surface area contributed by atoms with Gasteiger partial charge in [0.25, 0.3) is 5.91 Å². The molecule has 0 saturated carbocycles. The molecule has 1 aliphatic heterocycles. The van der Waals surface area contributed by atoms with E-state index in [0.29, 0.717) is 18.7 Å². The number of halogens is 2. The zero-order chi connectivity index (χ0) is 13.8. The smallest absolute Gasteiger partial charge is 0.387 e. The van der Waals surface area contributed by atoms with Crippen molar-refractivity contribution in [3.63, 3.8) is 0 Å². The summed E-state index contributed by atoms with van der Waals surface area (Å²) in [4.78, 5) is 13.9. The van der Waals surface area contributed by atoms with Crippen LogP contribution in [0.5, 0.6) is 5.75 Å². The van der Waals surface area contributed by atoms with Crippen molar-refractivity contribution in [2.24, 2.45) is 0 Å². The van der Waals surface area contributed by atoms with Crippen molar-refractivity contribution in [3.05, 3.63) is 29.8 Å². The lowest BCUT2D eigenvalue weighted by Gasteiger charge is -2.32. The maximum atomic E-state index is 12.2. The van der Waals surface area contributed by atoms with Crippen LogP contribution in [0.2, 0.25) is 0 Å². The first-order valence-electron chi connectivity index (χ1n) is 6.14. The second-order valence-electron chi connectivity index (χ2n) is 4.51. The first-order chi connectivity index (χ1) is 9.06. The molecule has 2 rings (SSSR count). The zero-order valence-corrected chi connectivity index (χ0v) is 10.6. The fourth-order valence-electron chi connectivity index (χ4n) is 2.08. The number of piperazine rings is 1. The van der Waals surface area contributed by atoms with Crippen LogP contribution in [0, 0.1) is 0 Å². The molecule has 0 radical (unpaired) electrons. The SMILES string of the molecule is CC1CN(C(=O)c2ccc(OC(F)F)cc2)CCN1. The minimum Gasteiger partial charge on any atom is -0.435 e. The summed E-state index contributed by atoms with van der Waals surface area (Å²) in [5.74, 6) is -0.0304. The van der Waals surface area contributed by atoms with Crippen LogP contribution in [0.15, 0.2) is 24.3 Å². The van der Waals surface area contributed by atoms with Crippen molar-refractivity contribution in [1.29, 1.82) is 0 Å². The molecule has 1 fully saturated rings. The number of hydrogen-bond acceptors (Lipinski definition) is 3. The monoisotopic (exact) mass is 270 g/mol. The minimum absolute atomic E-state index is 0.0558. The van der Waals surface area contributed by atoms with Crippen LogP contribution in [0.4, 0.5) is 8.78 Å². The number of amides is 1. The van der Waals surface area contributed by atoms with Gasteiger partial charge >= 0.3 is 6.61 Å². The van der Waals surface area contributed by atoms with Gasteiger partial charge in [-0.15, -0.1) is 0 Å². The molecule has 19 heavy (non-hydrogen) atoms. The maximum absolute atomic E-state index is 12.2. The van der Waals surface area contributed by atoms with Crippen molar-refractivity contribution in [2.75, 3.05) is 19.6 Å². The van der Waals surface area contributed by atoms with Gasteiger partial charge in [-0.05, 0) is 31.2 Å². The van der Waals surface area contributed by atoms with E-state index in [1.807, 2.05) is 6.92 Å². The third kappa shape index (κ3) is 3.64. The van der Waals surface area contributed by atoms with Gasteiger partial charge in [-0.3, -0.25) is 4.79 Å². The number of benzene rings is 1. The molecular formula is C13H16F2N2O2. The van der Waals surface area contributed by atoms with Crippen molar-refractivity contribution < 1.29 is 18.3 Å². The first kappa shape index (κ1) is 13.7. The van der Waals surface area contributed by atoms with Gasteiger partial charge in [0.15, 0.2) is 0 Å². The molecule has 6 heteroatoms. The molecule has 1 heterocycles. The van der Waals surface area contributed by atoms with Crippen LogP contribution in [-0.2, 0) is 0 Å². The number of nitrogens with one attached hydrogen (secondary N) is 1. The van der Waals surface area contributed by atoms with Crippen LogP contribution in [0.1, 0.15) is 17.3 Å². The zero-order valence-electron chi connectivity index (χ0n) is 10.6. The summed E-state index contributed by atoms with van der Waals surface area (Å²) >= 11 is 0. The van der Waals surface area contributed by atoms with E-state index in [1.165, 1.54) is 24.3 Å². The number of carbonyl (C=O) groups is 1. The van der Waals surface area contributed by atoms with Gasteiger partial charge in [-0.25, -0.2) is 0 Å². The Labute approximate surface area is 110 Å². The number of carbonyl (C=O) groups excluding carboxylic acids is 1. The third-order valence-electron chi connectivity index (χ3n) is 2.98. The van der Waals surface area contributed by atoms with Crippen molar-refractivity contribution in [1.82, 2.24) is 10.2 Å². The minimum atomic E-state index is -2.85. The highest BCUT2D eigenvalue weighted by Crippen LogP contribution is 2.16. The normalized spacial score (nSPS) is 19.6. The molecule has 1 saturated heterocycles. The fraction of sp³-hybridized carbons (Fsp3) is 0.462. The highest BCUT2D eigenvalue weighted by Gasteiger charge is 2.21. The summed E-state index contributed by atoms with van der Waals surface area (Å²) in [6.45, 7) is 1.22. The summed E-state index contributed by atoms with van der Waals surface area (Å²) in [6.07, 6.45) is 0. The van der Waals surface area contributed by atoms with Crippen LogP contribution >= 0.6 is 0 Å². The van der Waals surface area contributed by atoms with Gasteiger partial charge in [0, 0.05) is 31.2 Å². The molecule has 1 N–H and O–H groups in total. The Balaban J connectivity index is 2.02. The molecule has 104 valence electrons. The number of rotatable bonds is 3. The number of nitrogens with zero attached hydrogens (tertiary/aromatic N) is 1. The van der Waals surface area contributed by atoms with E-state index in [-0.39, 0.29) is 17.7 Å². The molecule has 0 bridgehead atoms. The van der Waals surface area contributed by atoms with Crippen LogP contribution < -0.4 is 10.1 Å². The van der Waals surface area contributed by atoms with Crippen LogP contribution in [0.25, 0.3) is 0 Å². The number of alkyl halides is 2. The van der Waals surface area contributed by atoms with Crippen molar-refractivity contribution in [3.8, 4) is 5.75 Å². The highest BCUT2D eigenvalue weighted by atomic mass is 19.3. The maximum Gasteiger partial charge on any atom is 0.387 e. The van der Waals surface area contributed by atoms with Crippen molar-refractivity contribution >= 4 is 5.91 Å². The molecule has 0 spiro atoms. The largest absolute Gasteiger partial charge is 0.435 e. The molecular weight excluding hydrogens is 254 g/mol. The van der Waals surface area contributed by atoms with Gasteiger partial charge in [-0.2, -0.15) is 8.78 Å². The van der Waals surface area contributed by atoms with Gasteiger partial charge in [0.1, 0.15) is 5.75 Å². The number of hydrogen-bond donors (Lipinski definition) is 1. The molecule has 1 aromatic rings. The lowest BCUT2D eigenvalue weighted by atomic mass is 10.1. The molecule has 0 aromatic heterocycles. The molecule has 0 aliphatic carbocycles. The summed E-state index contributed by atoms with van der Waals surface area (Å²) in [5, 5.41) is 3.25. The Hall–Kier alpha value is -1.69. The Morgan fingerprint density at radius 2 is 2.11 bits per heavy atom. The first-order valence-corrected chi connectivity index (χ1v) is 6.14. The highest BCUT2D eigenvalue weighted by molar-refractivity contribution is 5.94. The molecule has 1 aromatic carbocycles. The molecule has 1 atom stereocenters. The average molecular weight is 270 g/mol. The van der Waals surface area contributed by atoms with E-state index in [2.05, 4.69) is 10.1 Å². The summed E-state index contributed by atoms with van der Waals surface area (Å²) in [5.41, 5.74) is 0.482. The van der Waals surface area contributed by atoms with Gasteiger partial charge < -0.3 is 15.0 Å². The predicted molar refractivity (Wildman–Crippen MR) is 66.4 cm³/mol. The lowest BCUT2D eigenvalue weighted by Crippen LogP contribution is -2.51. The predicted octanol–water partition coefficient (Wildman–Crippen LogP) is 1.72. The van der Waals surface area contributed by atoms with Gasteiger partial charge in [-0.1, -0.05) is 0 Å². The quantitative estimate of drug-likeness (QED) is 0.909. The Kier molecular flexibility index (Phi) is 4.31. The van der Waals surface area contributed by atoms with E-state index < -0.39 is 6.61 Å². The molecule has 1 unspecified atom stereocenters. The van der Waals surface area contributed by atoms with E-state index in [0.717, 1.165) is 6.54 Å². The Morgan fingerprint density at radius 1 is 1.42 bits per heavy atom. The van der Waals surface area contributed by atoms with Gasteiger partial charge in [0.05, 0.1) is 0 Å². The summed E-state index contributed by atoms with van der Waals surface area (Å²) in [6, 6.07) is 6.04. The summed E-state index contributed by atoms with van der Waals surface area (Å²) < 4.78 is 28.3. The summed E-state index contributed by atoms with van der Waals surface area (Å²) in [7, 11) is 0. The third-order valence-corrected chi connectivity index (χ3v) is 2.98. The topological polar surface area (TPSA) is 41.6 Å². The van der Waals surface area contributed by atoms with E-state index >= 15 is 0 Å². The molecule has 1 aliphatic rings.